The zero-order chi connectivity index (χ0) is 21.7. The zero-order valence-electron chi connectivity index (χ0n) is 17.4. The molecule has 1 saturated heterocycles. The van der Waals surface area contributed by atoms with Crippen LogP contribution < -0.4 is 18.7 Å². The van der Waals surface area contributed by atoms with E-state index < -0.39 is 10.0 Å². The van der Waals surface area contributed by atoms with Crippen LogP contribution in [-0.2, 0) is 14.8 Å². The van der Waals surface area contributed by atoms with Crippen molar-refractivity contribution in [2.24, 2.45) is 0 Å². The van der Waals surface area contributed by atoms with Gasteiger partial charge in [0.2, 0.25) is 10.0 Å². The lowest BCUT2D eigenvalue weighted by molar-refractivity contribution is -0.133. The summed E-state index contributed by atoms with van der Waals surface area (Å²) in [5.74, 6) is 1.27. The summed E-state index contributed by atoms with van der Waals surface area (Å²) in [5.41, 5.74) is 1.64. The largest absolute Gasteiger partial charge is 0.497 e. The molecule has 0 atom stereocenters. The van der Waals surface area contributed by atoms with Gasteiger partial charge in [-0.15, -0.1) is 0 Å². The minimum Gasteiger partial charge on any atom is -0.497 e. The van der Waals surface area contributed by atoms with E-state index in [0.717, 1.165) is 30.8 Å². The molecule has 162 valence electrons. The third-order valence-electron chi connectivity index (χ3n) is 5.13. The van der Waals surface area contributed by atoms with Crippen LogP contribution in [0.25, 0.3) is 0 Å². The number of nitrogens with zero attached hydrogens (tertiary/aromatic N) is 3. The van der Waals surface area contributed by atoms with Crippen molar-refractivity contribution in [2.75, 3.05) is 62.4 Å². The number of carbonyl (C=O) groups excluding carboxylic acids is 1. The number of anilines is 2. The number of piperazine rings is 1. The number of carbonyl (C=O) groups is 1. The molecular weight excluding hydrogens is 406 g/mol. The highest BCUT2D eigenvalue weighted by Crippen LogP contribution is 2.22. The maximum Gasteiger partial charge on any atom is 0.260 e. The number of methoxy groups -OCH3 is 1. The predicted molar refractivity (Wildman–Crippen MR) is 117 cm³/mol. The predicted octanol–water partition coefficient (Wildman–Crippen LogP) is 1.82. The summed E-state index contributed by atoms with van der Waals surface area (Å²) >= 11 is 0. The smallest absolute Gasteiger partial charge is 0.260 e. The van der Waals surface area contributed by atoms with E-state index in [-0.39, 0.29) is 12.5 Å². The van der Waals surface area contributed by atoms with E-state index in [1.807, 2.05) is 24.3 Å². The first-order valence-electron chi connectivity index (χ1n) is 9.61. The number of ether oxygens (including phenoxy) is 2. The molecule has 1 aliphatic rings. The molecule has 9 heteroatoms. The number of sulfonamides is 1. The fraction of sp³-hybridized carbons (Fsp3) is 0.381. The molecular formula is C21H27N3O5S. The molecule has 1 aliphatic heterocycles. The SMILES string of the molecule is COc1ccc(N2CCN(C(=O)COc3ccc(N(C)S(C)(=O)=O)cc3)CC2)cc1. The number of rotatable bonds is 7. The summed E-state index contributed by atoms with van der Waals surface area (Å²) in [6, 6.07) is 14.5. The van der Waals surface area contributed by atoms with Crippen LogP contribution in [0.2, 0.25) is 0 Å². The quantitative estimate of drug-likeness (QED) is 0.663. The second-order valence-corrected chi connectivity index (χ2v) is 9.09. The maximum absolute atomic E-state index is 12.5. The first kappa shape index (κ1) is 21.8. The standard InChI is InChI=1S/C21H27N3O5S/c1-22(30(3,26)27)17-4-10-20(11-5-17)29-16-21(25)24-14-12-23(13-15-24)18-6-8-19(28-2)9-7-18/h4-11H,12-16H2,1-3H3. The van der Waals surface area contributed by atoms with E-state index in [4.69, 9.17) is 9.47 Å². The zero-order valence-corrected chi connectivity index (χ0v) is 18.3. The fourth-order valence-corrected chi connectivity index (χ4v) is 3.69. The Labute approximate surface area is 177 Å². The summed E-state index contributed by atoms with van der Waals surface area (Å²) in [5, 5.41) is 0. The van der Waals surface area contributed by atoms with Gasteiger partial charge < -0.3 is 19.3 Å². The molecule has 1 heterocycles. The summed E-state index contributed by atoms with van der Waals surface area (Å²) in [6.45, 7) is 2.72. The molecule has 1 amide bonds. The van der Waals surface area contributed by atoms with E-state index in [0.29, 0.717) is 24.5 Å². The Balaban J connectivity index is 1.48. The van der Waals surface area contributed by atoms with Gasteiger partial charge in [0.25, 0.3) is 5.91 Å². The summed E-state index contributed by atoms with van der Waals surface area (Å²) in [4.78, 5) is 16.5. The summed E-state index contributed by atoms with van der Waals surface area (Å²) in [7, 11) is -0.187. The average molecular weight is 434 g/mol. The van der Waals surface area contributed by atoms with Crippen LogP contribution in [0, 0.1) is 0 Å². The first-order chi connectivity index (χ1) is 14.3. The Bertz CT molecular complexity index is 953. The van der Waals surface area contributed by atoms with Crippen LogP contribution in [0.5, 0.6) is 11.5 Å². The lowest BCUT2D eigenvalue weighted by Gasteiger charge is -2.36. The van der Waals surface area contributed by atoms with Gasteiger partial charge in [-0.25, -0.2) is 8.42 Å². The highest BCUT2D eigenvalue weighted by atomic mass is 32.2. The second-order valence-electron chi connectivity index (χ2n) is 7.08. The number of amides is 1. The van der Waals surface area contributed by atoms with Crippen LogP contribution in [0.15, 0.2) is 48.5 Å². The molecule has 0 aromatic heterocycles. The van der Waals surface area contributed by atoms with Gasteiger partial charge in [-0.3, -0.25) is 9.10 Å². The third kappa shape index (κ3) is 5.35. The van der Waals surface area contributed by atoms with Crippen LogP contribution in [0.1, 0.15) is 0 Å². The molecule has 8 nitrogen and oxygen atoms in total. The highest BCUT2D eigenvalue weighted by Gasteiger charge is 2.21. The van der Waals surface area contributed by atoms with Crippen LogP contribution in [-0.4, -0.2) is 72.4 Å². The van der Waals surface area contributed by atoms with Gasteiger partial charge >= 0.3 is 0 Å². The molecule has 0 saturated carbocycles. The van der Waals surface area contributed by atoms with Crippen molar-refractivity contribution in [3.63, 3.8) is 0 Å². The van der Waals surface area contributed by atoms with Gasteiger partial charge in [0.15, 0.2) is 6.61 Å². The lowest BCUT2D eigenvalue weighted by atomic mass is 10.2. The van der Waals surface area contributed by atoms with Crippen molar-refractivity contribution < 1.29 is 22.7 Å². The molecule has 0 spiro atoms. The fourth-order valence-electron chi connectivity index (χ4n) is 3.19. The molecule has 0 N–H and O–H groups in total. The second kappa shape index (κ2) is 9.25. The van der Waals surface area contributed by atoms with Gasteiger partial charge in [-0.1, -0.05) is 0 Å². The first-order valence-corrected chi connectivity index (χ1v) is 11.5. The normalized spacial score (nSPS) is 14.4. The van der Waals surface area contributed by atoms with E-state index >= 15 is 0 Å². The molecule has 0 radical (unpaired) electrons. The van der Waals surface area contributed by atoms with Crippen molar-refractivity contribution >= 4 is 27.3 Å². The number of hydrogen-bond donors (Lipinski definition) is 0. The van der Waals surface area contributed by atoms with Crippen LogP contribution in [0.3, 0.4) is 0 Å². The van der Waals surface area contributed by atoms with Crippen molar-refractivity contribution in [1.82, 2.24) is 4.90 Å². The van der Waals surface area contributed by atoms with E-state index in [2.05, 4.69) is 4.90 Å². The Morgan fingerprint density at radius 1 is 0.967 bits per heavy atom. The van der Waals surface area contributed by atoms with Gasteiger partial charge in [-0.2, -0.15) is 0 Å². The summed E-state index contributed by atoms with van der Waals surface area (Å²) in [6.07, 6.45) is 1.14. The molecule has 2 aromatic rings. The number of hydrogen-bond acceptors (Lipinski definition) is 6. The maximum atomic E-state index is 12.5. The molecule has 30 heavy (non-hydrogen) atoms. The topological polar surface area (TPSA) is 79.4 Å². The van der Waals surface area contributed by atoms with Crippen molar-refractivity contribution in [3.05, 3.63) is 48.5 Å². The van der Waals surface area contributed by atoms with E-state index in [1.165, 1.54) is 11.4 Å². The molecule has 1 fully saturated rings. The lowest BCUT2D eigenvalue weighted by Crippen LogP contribution is -2.50. The average Bonchev–Trinajstić information content (AvgIpc) is 2.77. The molecule has 2 aromatic carbocycles. The van der Waals surface area contributed by atoms with Gasteiger partial charge in [0.1, 0.15) is 11.5 Å². The Hall–Kier alpha value is -2.94. The van der Waals surface area contributed by atoms with E-state index in [9.17, 15) is 13.2 Å². The highest BCUT2D eigenvalue weighted by molar-refractivity contribution is 7.92. The van der Waals surface area contributed by atoms with Gasteiger partial charge in [0.05, 0.1) is 19.1 Å². The van der Waals surface area contributed by atoms with Crippen molar-refractivity contribution in [1.29, 1.82) is 0 Å². The van der Waals surface area contributed by atoms with Crippen molar-refractivity contribution in [2.45, 2.75) is 0 Å². The Kier molecular flexibility index (Phi) is 6.71. The molecule has 0 bridgehead atoms. The third-order valence-corrected chi connectivity index (χ3v) is 6.34. The number of benzene rings is 2. The molecule has 3 rings (SSSR count). The van der Waals surface area contributed by atoms with Gasteiger partial charge in [-0.05, 0) is 48.5 Å². The van der Waals surface area contributed by atoms with Gasteiger partial charge in [0, 0.05) is 38.9 Å². The van der Waals surface area contributed by atoms with Crippen molar-refractivity contribution in [3.8, 4) is 11.5 Å². The Morgan fingerprint density at radius 2 is 1.53 bits per heavy atom. The monoisotopic (exact) mass is 433 g/mol. The minimum atomic E-state index is -3.32. The Morgan fingerprint density at radius 3 is 2.07 bits per heavy atom. The van der Waals surface area contributed by atoms with Crippen LogP contribution >= 0.6 is 0 Å². The molecule has 0 unspecified atom stereocenters. The van der Waals surface area contributed by atoms with Crippen LogP contribution in [0.4, 0.5) is 11.4 Å². The summed E-state index contributed by atoms with van der Waals surface area (Å²) < 4.78 is 35.1. The van der Waals surface area contributed by atoms with E-state index in [1.54, 1.807) is 36.3 Å². The molecule has 0 aliphatic carbocycles. The minimum absolute atomic E-state index is 0.0518.